The molecule has 2 atom stereocenters. The summed E-state index contributed by atoms with van der Waals surface area (Å²) >= 11 is 3.64. The highest BCUT2D eigenvalue weighted by Crippen LogP contribution is 2.40. The van der Waals surface area contributed by atoms with Crippen LogP contribution in [-0.4, -0.2) is 19.6 Å². The minimum atomic E-state index is 0.391. The van der Waals surface area contributed by atoms with Crippen LogP contribution in [0, 0.1) is 5.92 Å². The highest BCUT2D eigenvalue weighted by atomic mass is 79.9. The number of nitrogens with one attached hydrogen (secondary N) is 1. The second-order valence-corrected chi connectivity index (χ2v) is 7.58. The maximum absolute atomic E-state index is 3.64. The predicted octanol–water partition coefficient (Wildman–Crippen LogP) is 4.89. The van der Waals surface area contributed by atoms with Gasteiger partial charge in [-0.1, -0.05) is 28.8 Å². The van der Waals surface area contributed by atoms with Gasteiger partial charge in [-0.15, -0.1) is 0 Å². The average Bonchev–Trinajstić information content (AvgIpc) is 3.16. The van der Waals surface area contributed by atoms with Crippen molar-refractivity contribution in [1.82, 2.24) is 5.32 Å². The molecule has 0 radical (unpaired) electrons. The molecule has 0 aromatic heterocycles. The summed E-state index contributed by atoms with van der Waals surface area (Å²) in [5, 5.41) is 3.41. The molecule has 1 saturated carbocycles. The fraction of sp³-hybridized carbons (Fsp3) is 0.667. The Bertz CT molecular complexity index is 482. The van der Waals surface area contributed by atoms with Crippen molar-refractivity contribution in [3.8, 4) is 0 Å². The Hall–Kier alpha value is -0.540. The molecule has 0 amide bonds. The van der Waals surface area contributed by atoms with Gasteiger partial charge in [0.2, 0.25) is 0 Å². The second kappa shape index (κ2) is 6.70. The summed E-state index contributed by atoms with van der Waals surface area (Å²) < 4.78 is 1.18. The highest BCUT2D eigenvalue weighted by molar-refractivity contribution is 9.10. The average molecular weight is 351 g/mol. The van der Waals surface area contributed by atoms with Gasteiger partial charge in [0.1, 0.15) is 0 Å². The molecule has 2 fully saturated rings. The first-order valence-electron chi connectivity index (χ1n) is 8.44. The Kier molecular flexibility index (Phi) is 4.90. The molecule has 1 aromatic rings. The standard InChI is InChI=1S/C18H27BrN2/c1-13(20-2)16-12-15(19)9-10-18(16)21-11-5-8-17(21)14-6-3-4-7-14/h9-10,12-14,17,20H,3-8,11H2,1-2H3. The largest absolute Gasteiger partial charge is 0.368 e. The Labute approximate surface area is 137 Å². The molecule has 21 heavy (non-hydrogen) atoms. The van der Waals surface area contributed by atoms with Crippen molar-refractivity contribution in [2.75, 3.05) is 18.5 Å². The van der Waals surface area contributed by atoms with E-state index in [0.717, 1.165) is 12.0 Å². The van der Waals surface area contributed by atoms with Gasteiger partial charge in [0.15, 0.2) is 0 Å². The van der Waals surface area contributed by atoms with Crippen LogP contribution in [0.5, 0.6) is 0 Å². The number of benzene rings is 1. The van der Waals surface area contributed by atoms with E-state index in [4.69, 9.17) is 0 Å². The predicted molar refractivity (Wildman–Crippen MR) is 93.9 cm³/mol. The van der Waals surface area contributed by atoms with Crippen LogP contribution in [0.2, 0.25) is 0 Å². The van der Waals surface area contributed by atoms with Gasteiger partial charge in [-0.25, -0.2) is 0 Å². The van der Waals surface area contributed by atoms with Crippen LogP contribution in [0.4, 0.5) is 5.69 Å². The molecule has 3 rings (SSSR count). The molecule has 116 valence electrons. The number of rotatable bonds is 4. The fourth-order valence-corrected chi connectivity index (χ4v) is 4.59. The van der Waals surface area contributed by atoms with Crippen LogP contribution < -0.4 is 10.2 Å². The van der Waals surface area contributed by atoms with Gasteiger partial charge in [-0.05, 0) is 69.3 Å². The van der Waals surface area contributed by atoms with E-state index in [2.05, 4.69) is 51.3 Å². The molecular weight excluding hydrogens is 324 g/mol. The van der Waals surface area contributed by atoms with Crippen LogP contribution in [0.3, 0.4) is 0 Å². The van der Waals surface area contributed by atoms with E-state index in [9.17, 15) is 0 Å². The Morgan fingerprint density at radius 2 is 1.95 bits per heavy atom. The SMILES string of the molecule is CNC(C)c1cc(Br)ccc1N1CCCC1C1CCCC1. The number of anilines is 1. The monoisotopic (exact) mass is 350 g/mol. The van der Waals surface area contributed by atoms with Gasteiger partial charge in [-0.2, -0.15) is 0 Å². The molecular formula is C18H27BrN2. The number of hydrogen-bond acceptors (Lipinski definition) is 2. The molecule has 1 aromatic carbocycles. The summed E-state index contributed by atoms with van der Waals surface area (Å²) in [6, 6.07) is 7.98. The van der Waals surface area contributed by atoms with Crippen molar-refractivity contribution in [1.29, 1.82) is 0 Å². The van der Waals surface area contributed by atoms with Crippen LogP contribution in [-0.2, 0) is 0 Å². The molecule has 1 heterocycles. The van der Waals surface area contributed by atoms with Gasteiger partial charge in [0, 0.05) is 28.8 Å². The van der Waals surface area contributed by atoms with Crippen LogP contribution in [0.25, 0.3) is 0 Å². The quantitative estimate of drug-likeness (QED) is 0.831. The molecule has 2 aliphatic rings. The van der Waals surface area contributed by atoms with Crippen molar-refractivity contribution >= 4 is 21.6 Å². The molecule has 0 bridgehead atoms. The summed E-state index contributed by atoms with van der Waals surface area (Å²) in [5.74, 6) is 0.925. The number of halogens is 1. The van der Waals surface area contributed by atoms with Crippen LogP contribution in [0.15, 0.2) is 22.7 Å². The second-order valence-electron chi connectivity index (χ2n) is 6.66. The maximum atomic E-state index is 3.64. The minimum Gasteiger partial charge on any atom is -0.368 e. The lowest BCUT2D eigenvalue weighted by molar-refractivity contribution is 0.429. The van der Waals surface area contributed by atoms with E-state index in [-0.39, 0.29) is 0 Å². The lowest BCUT2D eigenvalue weighted by Gasteiger charge is -2.34. The zero-order valence-corrected chi connectivity index (χ0v) is 14.8. The van der Waals surface area contributed by atoms with Gasteiger partial charge in [0.25, 0.3) is 0 Å². The van der Waals surface area contributed by atoms with E-state index in [1.165, 1.54) is 60.8 Å². The topological polar surface area (TPSA) is 15.3 Å². The third-order valence-electron chi connectivity index (χ3n) is 5.44. The van der Waals surface area contributed by atoms with Gasteiger partial charge in [0.05, 0.1) is 0 Å². The maximum Gasteiger partial charge on any atom is 0.0418 e. The van der Waals surface area contributed by atoms with Gasteiger partial charge in [-0.3, -0.25) is 0 Å². The molecule has 1 aliphatic heterocycles. The van der Waals surface area contributed by atoms with E-state index in [1.807, 2.05) is 7.05 Å². The van der Waals surface area contributed by atoms with Gasteiger partial charge < -0.3 is 10.2 Å². The van der Waals surface area contributed by atoms with E-state index in [0.29, 0.717) is 6.04 Å². The summed E-state index contributed by atoms with van der Waals surface area (Å²) in [6.45, 7) is 3.48. The third kappa shape index (κ3) is 3.14. The molecule has 2 nitrogen and oxygen atoms in total. The van der Waals surface area contributed by atoms with Crippen molar-refractivity contribution in [3.63, 3.8) is 0 Å². The Balaban J connectivity index is 1.91. The first kappa shape index (κ1) is 15.4. The van der Waals surface area contributed by atoms with E-state index >= 15 is 0 Å². The highest BCUT2D eigenvalue weighted by Gasteiger charge is 2.34. The lowest BCUT2D eigenvalue weighted by atomic mass is 9.95. The third-order valence-corrected chi connectivity index (χ3v) is 5.93. The summed E-state index contributed by atoms with van der Waals surface area (Å²) in [4.78, 5) is 2.71. The first-order chi connectivity index (χ1) is 10.2. The lowest BCUT2D eigenvalue weighted by Crippen LogP contribution is -2.35. The minimum absolute atomic E-state index is 0.391. The van der Waals surface area contributed by atoms with Crippen molar-refractivity contribution < 1.29 is 0 Å². The first-order valence-corrected chi connectivity index (χ1v) is 9.23. The number of hydrogen-bond donors (Lipinski definition) is 1. The van der Waals surface area contributed by atoms with Crippen molar-refractivity contribution in [3.05, 3.63) is 28.2 Å². The number of nitrogens with zero attached hydrogens (tertiary/aromatic N) is 1. The van der Waals surface area contributed by atoms with E-state index in [1.54, 1.807) is 0 Å². The molecule has 0 spiro atoms. The normalized spacial score (nSPS) is 24.7. The molecule has 1 N–H and O–H groups in total. The van der Waals surface area contributed by atoms with Crippen molar-refractivity contribution in [2.45, 2.75) is 57.5 Å². The van der Waals surface area contributed by atoms with Crippen LogP contribution >= 0.6 is 15.9 Å². The Morgan fingerprint density at radius 1 is 1.19 bits per heavy atom. The van der Waals surface area contributed by atoms with E-state index < -0.39 is 0 Å². The summed E-state index contributed by atoms with van der Waals surface area (Å²) in [6.07, 6.45) is 8.49. The zero-order chi connectivity index (χ0) is 14.8. The molecule has 3 heteroatoms. The molecule has 1 aliphatic carbocycles. The smallest absolute Gasteiger partial charge is 0.0418 e. The Morgan fingerprint density at radius 3 is 2.67 bits per heavy atom. The van der Waals surface area contributed by atoms with Crippen LogP contribution in [0.1, 0.15) is 57.1 Å². The fourth-order valence-electron chi connectivity index (χ4n) is 4.21. The zero-order valence-electron chi connectivity index (χ0n) is 13.2. The molecule has 2 unspecified atom stereocenters. The van der Waals surface area contributed by atoms with Gasteiger partial charge >= 0.3 is 0 Å². The van der Waals surface area contributed by atoms with Crippen molar-refractivity contribution in [2.24, 2.45) is 5.92 Å². The molecule has 1 saturated heterocycles. The summed E-state index contributed by atoms with van der Waals surface area (Å²) in [7, 11) is 2.05. The summed E-state index contributed by atoms with van der Waals surface area (Å²) in [5.41, 5.74) is 2.88.